The van der Waals surface area contributed by atoms with Gasteiger partial charge < -0.3 is 15.8 Å². The number of nitrogens with two attached hydrogens (primary N) is 1. The molecule has 1 heterocycles. The minimum atomic E-state index is -0.114. The van der Waals surface area contributed by atoms with Crippen LogP contribution in [0, 0.1) is 0 Å². The van der Waals surface area contributed by atoms with Crippen molar-refractivity contribution in [2.45, 2.75) is 6.42 Å². The highest BCUT2D eigenvalue weighted by molar-refractivity contribution is 5.90. The Bertz CT molecular complexity index is 565. The average Bonchev–Trinajstić information content (AvgIpc) is 2.75. The highest BCUT2D eigenvalue weighted by Crippen LogP contribution is 2.14. The molecule has 0 aliphatic heterocycles. The van der Waals surface area contributed by atoms with Gasteiger partial charge in [-0.05, 0) is 12.1 Å². The standard InChI is InChI=1S/C13H16N4O2/c1-17-9-11(8-15-17)16-13(18)5-6-19-12-4-2-3-10(14)7-12/h2-4,7-9H,5-6,14H2,1H3,(H,16,18). The molecule has 0 bridgehead atoms. The van der Waals surface area contributed by atoms with E-state index in [-0.39, 0.29) is 12.3 Å². The fraction of sp³-hybridized carbons (Fsp3) is 0.231. The smallest absolute Gasteiger partial charge is 0.227 e. The van der Waals surface area contributed by atoms with E-state index in [9.17, 15) is 4.79 Å². The number of ether oxygens (including phenoxy) is 1. The lowest BCUT2D eigenvalue weighted by Gasteiger charge is -2.06. The van der Waals surface area contributed by atoms with Crippen LogP contribution >= 0.6 is 0 Å². The summed E-state index contributed by atoms with van der Waals surface area (Å²) in [5.41, 5.74) is 6.94. The number of carbonyl (C=O) groups excluding carboxylic acids is 1. The number of amides is 1. The highest BCUT2D eigenvalue weighted by atomic mass is 16.5. The minimum absolute atomic E-state index is 0.114. The molecule has 0 spiro atoms. The van der Waals surface area contributed by atoms with Crippen LogP contribution in [-0.2, 0) is 11.8 Å². The third-order valence-electron chi connectivity index (χ3n) is 2.44. The van der Waals surface area contributed by atoms with Crippen LogP contribution in [-0.4, -0.2) is 22.3 Å². The first-order valence-corrected chi connectivity index (χ1v) is 5.90. The monoisotopic (exact) mass is 260 g/mol. The second-order valence-corrected chi connectivity index (χ2v) is 4.12. The van der Waals surface area contributed by atoms with Crippen molar-refractivity contribution in [3.8, 4) is 5.75 Å². The molecule has 0 fully saturated rings. The molecule has 6 nitrogen and oxygen atoms in total. The minimum Gasteiger partial charge on any atom is -0.493 e. The number of hydrogen-bond donors (Lipinski definition) is 2. The zero-order valence-corrected chi connectivity index (χ0v) is 10.7. The van der Waals surface area contributed by atoms with E-state index in [0.29, 0.717) is 23.7 Å². The Hall–Kier alpha value is -2.50. The molecule has 6 heteroatoms. The number of aryl methyl sites for hydroxylation is 1. The maximum atomic E-state index is 11.6. The Balaban J connectivity index is 1.75. The quantitative estimate of drug-likeness (QED) is 0.796. The predicted molar refractivity (Wildman–Crippen MR) is 72.8 cm³/mol. The van der Waals surface area contributed by atoms with E-state index >= 15 is 0 Å². The number of hydrogen-bond acceptors (Lipinski definition) is 4. The first kappa shape index (κ1) is 12.9. The van der Waals surface area contributed by atoms with Gasteiger partial charge in [0.25, 0.3) is 0 Å². The molecular formula is C13H16N4O2. The summed E-state index contributed by atoms with van der Waals surface area (Å²) in [5, 5.41) is 6.70. The lowest BCUT2D eigenvalue weighted by atomic mass is 10.3. The molecule has 0 atom stereocenters. The molecule has 3 N–H and O–H groups in total. The Morgan fingerprint density at radius 3 is 3.05 bits per heavy atom. The van der Waals surface area contributed by atoms with Gasteiger partial charge in [-0.3, -0.25) is 9.48 Å². The predicted octanol–water partition coefficient (Wildman–Crippen LogP) is 1.41. The Morgan fingerprint density at radius 2 is 2.37 bits per heavy atom. The van der Waals surface area contributed by atoms with Crippen molar-refractivity contribution in [1.29, 1.82) is 0 Å². The van der Waals surface area contributed by atoms with E-state index in [4.69, 9.17) is 10.5 Å². The number of anilines is 2. The zero-order valence-electron chi connectivity index (χ0n) is 10.7. The van der Waals surface area contributed by atoms with Gasteiger partial charge in [0.2, 0.25) is 5.91 Å². The maximum Gasteiger partial charge on any atom is 0.227 e. The lowest BCUT2D eigenvalue weighted by molar-refractivity contribution is -0.116. The molecule has 0 unspecified atom stereocenters. The normalized spacial score (nSPS) is 10.2. The number of aromatic nitrogens is 2. The van der Waals surface area contributed by atoms with Gasteiger partial charge in [-0.25, -0.2) is 0 Å². The number of carbonyl (C=O) groups is 1. The molecule has 19 heavy (non-hydrogen) atoms. The van der Waals surface area contributed by atoms with Crippen molar-refractivity contribution in [3.63, 3.8) is 0 Å². The summed E-state index contributed by atoms with van der Waals surface area (Å²) in [6.45, 7) is 0.301. The molecule has 1 aromatic heterocycles. The molecule has 1 amide bonds. The SMILES string of the molecule is Cn1cc(NC(=O)CCOc2cccc(N)c2)cn1. The molecular weight excluding hydrogens is 244 g/mol. The number of rotatable bonds is 5. The van der Waals surface area contributed by atoms with Gasteiger partial charge in [-0.15, -0.1) is 0 Å². The van der Waals surface area contributed by atoms with Crippen molar-refractivity contribution in [2.24, 2.45) is 7.05 Å². The van der Waals surface area contributed by atoms with Gasteiger partial charge in [0, 0.05) is 25.0 Å². The van der Waals surface area contributed by atoms with Crippen molar-refractivity contribution in [2.75, 3.05) is 17.7 Å². The van der Waals surface area contributed by atoms with Crippen LogP contribution in [0.2, 0.25) is 0 Å². The highest BCUT2D eigenvalue weighted by Gasteiger charge is 2.04. The first-order valence-electron chi connectivity index (χ1n) is 5.90. The van der Waals surface area contributed by atoms with E-state index in [1.165, 1.54) is 0 Å². The van der Waals surface area contributed by atoms with E-state index in [2.05, 4.69) is 10.4 Å². The van der Waals surface area contributed by atoms with Gasteiger partial charge in [0.05, 0.1) is 24.9 Å². The van der Waals surface area contributed by atoms with Crippen LogP contribution < -0.4 is 15.8 Å². The summed E-state index contributed by atoms with van der Waals surface area (Å²) >= 11 is 0. The van der Waals surface area contributed by atoms with Crippen molar-refractivity contribution in [1.82, 2.24) is 9.78 Å². The van der Waals surface area contributed by atoms with Gasteiger partial charge in [-0.2, -0.15) is 5.10 Å². The summed E-state index contributed by atoms with van der Waals surface area (Å²) in [4.78, 5) is 11.6. The van der Waals surface area contributed by atoms with Gasteiger partial charge in [0.15, 0.2) is 0 Å². The fourth-order valence-electron chi connectivity index (χ4n) is 1.58. The summed E-state index contributed by atoms with van der Waals surface area (Å²) in [7, 11) is 1.79. The molecule has 1 aromatic carbocycles. The maximum absolute atomic E-state index is 11.6. The number of nitrogens with one attached hydrogen (secondary N) is 1. The number of benzene rings is 1. The van der Waals surface area contributed by atoms with Gasteiger partial charge in [0.1, 0.15) is 5.75 Å². The molecule has 2 rings (SSSR count). The molecule has 0 aliphatic carbocycles. The molecule has 0 radical (unpaired) electrons. The second-order valence-electron chi connectivity index (χ2n) is 4.12. The zero-order chi connectivity index (χ0) is 13.7. The van der Waals surface area contributed by atoms with E-state index < -0.39 is 0 Å². The van der Waals surface area contributed by atoms with Crippen molar-refractivity contribution in [3.05, 3.63) is 36.7 Å². The van der Waals surface area contributed by atoms with Crippen LogP contribution in [0.25, 0.3) is 0 Å². The van der Waals surface area contributed by atoms with E-state index in [1.807, 2.05) is 0 Å². The van der Waals surface area contributed by atoms with Crippen LogP contribution in [0.1, 0.15) is 6.42 Å². The van der Waals surface area contributed by atoms with Crippen LogP contribution in [0.4, 0.5) is 11.4 Å². The second kappa shape index (κ2) is 5.90. The van der Waals surface area contributed by atoms with Crippen molar-refractivity contribution < 1.29 is 9.53 Å². The number of nitrogens with zero attached hydrogens (tertiary/aromatic N) is 2. The summed E-state index contributed by atoms with van der Waals surface area (Å²) in [6.07, 6.45) is 3.59. The van der Waals surface area contributed by atoms with Crippen molar-refractivity contribution >= 4 is 17.3 Å². The summed E-state index contributed by atoms with van der Waals surface area (Å²) < 4.78 is 7.06. The summed E-state index contributed by atoms with van der Waals surface area (Å²) in [6, 6.07) is 7.11. The van der Waals surface area contributed by atoms with Gasteiger partial charge >= 0.3 is 0 Å². The summed E-state index contributed by atoms with van der Waals surface area (Å²) in [5.74, 6) is 0.547. The van der Waals surface area contributed by atoms with Crippen LogP contribution in [0.5, 0.6) is 5.75 Å². The average molecular weight is 260 g/mol. The molecule has 100 valence electrons. The van der Waals surface area contributed by atoms with Gasteiger partial charge in [-0.1, -0.05) is 6.07 Å². The Labute approximate surface area is 111 Å². The van der Waals surface area contributed by atoms with Crippen LogP contribution in [0.15, 0.2) is 36.7 Å². The largest absolute Gasteiger partial charge is 0.493 e. The lowest BCUT2D eigenvalue weighted by Crippen LogP contribution is -2.14. The molecule has 0 saturated heterocycles. The fourth-order valence-corrected chi connectivity index (χ4v) is 1.58. The third-order valence-corrected chi connectivity index (χ3v) is 2.44. The Morgan fingerprint density at radius 1 is 1.53 bits per heavy atom. The molecule has 0 saturated carbocycles. The van der Waals surface area contributed by atoms with E-state index in [0.717, 1.165) is 0 Å². The van der Waals surface area contributed by atoms with E-state index in [1.54, 1.807) is 48.4 Å². The first-order chi connectivity index (χ1) is 9.13. The molecule has 0 aliphatic rings. The Kier molecular flexibility index (Phi) is 4.02. The third kappa shape index (κ3) is 4.02. The molecule has 2 aromatic rings. The number of nitrogen functional groups attached to an aromatic ring is 1. The topological polar surface area (TPSA) is 82.2 Å². The van der Waals surface area contributed by atoms with Crippen LogP contribution in [0.3, 0.4) is 0 Å².